The molecule has 1 heteroatoms. The minimum Gasteiger partial charge on any atom is -0.298 e. The Bertz CT molecular complexity index is 507. The van der Waals surface area contributed by atoms with E-state index in [0.29, 0.717) is 0 Å². The van der Waals surface area contributed by atoms with Gasteiger partial charge in [-0.15, -0.1) is 0 Å². The Morgan fingerprint density at radius 1 is 1.06 bits per heavy atom. The third-order valence-corrected chi connectivity index (χ3v) is 4.73. The molecule has 18 heavy (non-hydrogen) atoms. The molecule has 1 aliphatic rings. The molecule has 0 spiro atoms. The van der Waals surface area contributed by atoms with Gasteiger partial charge in [-0.05, 0) is 59.8 Å². The molecule has 1 aromatic carbocycles. The zero-order valence-corrected chi connectivity index (χ0v) is 12.5. The van der Waals surface area contributed by atoms with Crippen LogP contribution in [-0.4, -0.2) is 6.29 Å². The number of hydrogen-bond donors (Lipinski definition) is 0. The number of benzene rings is 1. The van der Waals surface area contributed by atoms with Crippen LogP contribution in [0.15, 0.2) is 6.07 Å². The molecule has 0 N–H and O–H groups in total. The van der Waals surface area contributed by atoms with Gasteiger partial charge in [-0.3, -0.25) is 4.79 Å². The molecule has 0 fully saturated rings. The molecule has 0 aliphatic heterocycles. The summed E-state index contributed by atoms with van der Waals surface area (Å²) in [5.41, 5.74) is 6.46. The van der Waals surface area contributed by atoms with E-state index in [2.05, 4.69) is 47.6 Å². The van der Waals surface area contributed by atoms with Crippen LogP contribution in [0.4, 0.5) is 0 Å². The van der Waals surface area contributed by atoms with Crippen LogP contribution in [0.5, 0.6) is 0 Å². The highest BCUT2D eigenvalue weighted by molar-refractivity contribution is 5.81. The number of fused-ring (bicyclic) bond motifs is 1. The molecule has 0 aromatic heterocycles. The largest absolute Gasteiger partial charge is 0.298 e. The maximum atomic E-state index is 11.3. The second-order valence-electron chi connectivity index (χ2n) is 7.04. The number of hydrogen-bond acceptors (Lipinski definition) is 1. The summed E-state index contributed by atoms with van der Waals surface area (Å²) in [4.78, 5) is 11.3. The zero-order valence-electron chi connectivity index (χ0n) is 12.5. The molecule has 0 atom stereocenters. The minimum atomic E-state index is 0.181. The van der Waals surface area contributed by atoms with Gasteiger partial charge in [-0.1, -0.05) is 33.8 Å². The Labute approximate surface area is 111 Å². The van der Waals surface area contributed by atoms with Crippen LogP contribution in [0.1, 0.15) is 73.1 Å². The summed E-state index contributed by atoms with van der Waals surface area (Å²) in [6.45, 7) is 13.4. The van der Waals surface area contributed by atoms with Gasteiger partial charge in [-0.2, -0.15) is 0 Å². The summed E-state index contributed by atoms with van der Waals surface area (Å²) >= 11 is 0. The lowest BCUT2D eigenvalue weighted by atomic mass is 9.61. The standard InChI is InChI=1S/C17H24O/c1-11-9-14-15(12(2)13(11)10-18)17(5,6)8-7-16(14,3)4/h9-10H,7-8H2,1-6H3. The zero-order chi connectivity index (χ0) is 13.7. The molecule has 1 nitrogen and oxygen atoms in total. The average molecular weight is 244 g/mol. The lowest BCUT2D eigenvalue weighted by Crippen LogP contribution is -2.35. The van der Waals surface area contributed by atoms with Crippen molar-refractivity contribution in [3.05, 3.63) is 33.9 Å². The van der Waals surface area contributed by atoms with Crippen molar-refractivity contribution < 1.29 is 4.79 Å². The number of aryl methyl sites for hydroxylation is 1. The molecule has 0 unspecified atom stereocenters. The molecular formula is C17H24O. The maximum absolute atomic E-state index is 11.3. The molecule has 2 rings (SSSR count). The predicted octanol–water partition coefficient (Wildman–Crippen LogP) is 4.46. The van der Waals surface area contributed by atoms with Gasteiger partial charge in [0.1, 0.15) is 0 Å². The van der Waals surface area contributed by atoms with Crippen molar-refractivity contribution in [2.24, 2.45) is 0 Å². The van der Waals surface area contributed by atoms with E-state index in [1.807, 2.05) is 0 Å². The Hall–Kier alpha value is -1.11. The molecule has 0 saturated carbocycles. The molecular weight excluding hydrogens is 220 g/mol. The van der Waals surface area contributed by atoms with Crippen LogP contribution in [-0.2, 0) is 10.8 Å². The number of aldehydes is 1. The van der Waals surface area contributed by atoms with Crippen molar-refractivity contribution in [1.29, 1.82) is 0 Å². The van der Waals surface area contributed by atoms with Gasteiger partial charge in [0.25, 0.3) is 0 Å². The van der Waals surface area contributed by atoms with E-state index in [-0.39, 0.29) is 10.8 Å². The molecule has 0 bridgehead atoms. The van der Waals surface area contributed by atoms with Crippen LogP contribution in [0, 0.1) is 13.8 Å². The molecule has 0 heterocycles. The van der Waals surface area contributed by atoms with Crippen molar-refractivity contribution in [2.45, 2.75) is 65.2 Å². The van der Waals surface area contributed by atoms with Crippen LogP contribution >= 0.6 is 0 Å². The van der Waals surface area contributed by atoms with Gasteiger partial charge in [0.05, 0.1) is 0 Å². The van der Waals surface area contributed by atoms with Crippen LogP contribution in [0.25, 0.3) is 0 Å². The first-order chi connectivity index (χ1) is 8.20. The Kier molecular flexibility index (Phi) is 2.92. The Balaban J connectivity index is 2.84. The summed E-state index contributed by atoms with van der Waals surface area (Å²) in [7, 11) is 0. The molecule has 98 valence electrons. The van der Waals surface area contributed by atoms with E-state index in [4.69, 9.17) is 0 Å². The summed E-state index contributed by atoms with van der Waals surface area (Å²) in [6, 6.07) is 2.24. The monoisotopic (exact) mass is 244 g/mol. The highest BCUT2D eigenvalue weighted by Crippen LogP contribution is 2.47. The van der Waals surface area contributed by atoms with Crippen molar-refractivity contribution in [1.82, 2.24) is 0 Å². The summed E-state index contributed by atoms with van der Waals surface area (Å²) < 4.78 is 0. The van der Waals surface area contributed by atoms with Crippen molar-refractivity contribution in [3.8, 4) is 0 Å². The highest BCUT2D eigenvalue weighted by Gasteiger charge is 2.38. The number of rotatable bonds is 1. The minimum absolute atomic E-state index is 0.181. The smallest absolute Gasteiger partial charge is 0.150 e. The Morgan fingerprint density at radius 3 is 2.17 bits per heavy atom. The number of carbonyl (C=O) groups is 1. The fourth-order valence-electron chi connectivity index (χ4n) is 3.47. The molecule has 1 aliphatic carbocycles. The van der Waals surface area contributed by atoms with E-state index < -0.39 is 0 Å². The van der Waals surface area contributed by atoms with Crippen molar-refractivity contribution in [2.75, 3.05) is 0 Å². The third-order valence-electron chi connectivity index (χ3n) is 4.73. The first-order valence-electron chi connectivity index (χ1n) is 6.81. The SMILES string of the molecule is Cc1cc2c(c(C)c1C=O)C(C)(C)CCC2(C)C. The molecule has 0 radical (unpaired) electrons. The topological polar surface area (TPSA) is 17.1 Å². The van der Waals surface area contributed by atoms with Crippen LogP contribution in [0.3, 0.4) is 0 Å². The fraction of sp³-hybridized carbons (Fsp3) is 0.588. The van der Waals surface area contributed by atoms with E-state index in [1.165, 1.54) is 29.5 Å². The lowest BCUT2D eigenvalue weighted by molar-refractivity contribution is 0.112. The number of carbonyl (C=O) groups excluding carboxylic acids is 1. The van der Waals surface area contributed by atoms with Gasteiger partial charge in [-0.25, -0.2) is 0 Å². The summed E-state index contributed by atoms with van der Waals surface area (Å²) in [6.07, 6.45) is 3.42. The average Bonchev–Trinajstić information content (AvgIpc) is 2.24. The van der Waals surface area contributed by atoms with Gasteiger partial charge < -0.3 is 0 Å². The summed E-state index contributed by atoms with van der Waals surface area (Å²) in [5, 5.41) is 0. The lowest BCUT2D eigenvalue weighted by Gasteiger charge is -2.43. The normalized spacial score (nSPS) is 20.3. The van der Waals surface area contributed by atoms with Gasteiger partial charge in [0.2, 0.25) is 0 Å². The van der Waals surface area contributed by atoms with E-state index in [0.717, 1.165) is 17.4 Å². The van der Waals surface area contributed by atoms with E-state index >= 15 is 0 Å². The quantitative estimate of drug-likeness (QED) is 0.666. The molecule has 0 saturated heterocycles. The fourth-order valence-corrected chi connectivity index (χ4v) is 3.47. The molecule has 0 amide bonds. The first kappa shape index (κ1) is 13.3. The predicted molar refractivity (Wildman–Crippen MR) is 76.6 cm³/mol. The second kappa shape index (κ2) is 3.94. The van der Waals surface area contributed by atoms with E-state index in [1.54, 1.807) is 0 Å². The van der Waals surface area contributed by atoms with Crippen LogP contribution in [0.2, 0.25) is 0 Å². The molecule has 1 aromatic rings. The third kappa shape index (κ3) is 1.81. The van der Waals surface area contributed by atoms with Crippen molar-refractivity contribution >= 4 is 6.29 Å². The maximum Gasteiger partial charge on any atom is 0.150 e. The second-order valence-corrected chi connectivity index (χ2v) is 7.04. The first-order valence-corrected chi connectivity index (χ1v) is 6.81. The highest BCUT2D eigenvalue weighted by atomic mass is 16.1. The van der Waals surface area contributed by atoms with E-state index in [9.17, 15) is 4.79 Å². The van der Waals surface area contributed by atoms with Crippen molar-refractivity contribution in [3.63, 3.8) is 0 Å². The van der Waals surface area contributed by atoms with Gasteiger partial charge >= 0.3 is 0 Å². The summed E-state index contributed by atoms with van der Waals surface area (Å²) in [5.74, 6) is 0. The van der Waals surface area contributed by atoms with Crippen LogP contribution < -0.4 is 0 Å². The van der Waals surface area contributed by atoms with Gasteiger partial charge in [0.15, 0.2) is 6.29 Å². The Morgan fingerprint density at radius 2 is 1.61 bits per heavy atom. The van der Waals surface area contributed by atoms with Gasteiger partial charge in [0, 0.05) is 5.56 Å².